The number of hydrogen-bond acceptors (Lipinski definition) is 3. The molecular formula is C13H24N2O3S. The van der Waals surface area contributed by atoms with Crippen molar-refractivity contribution in [1.29, 1.82) is 0 Å². The molecule has 0 bridgehead atoms. The standard InChI is InChI=1S/C13H24N2O3S/c1-5-15(12(2,3)10(16)17)11(18)14-9-13(19-4)7-6-8-13/h5-9H2,1-4H3,(H,14,18)(H,16,17). The highest BCUT2D eigenvalue weighted by Crippen LogP contribution is 2.42. The maximum absolute atomic E-state index is 12.2. The number of nitrogens with zero attached hydrogens (tertiary/aromatic N) is 1. The predicted molar refractivity (Wildman–Crippen MR) is 77.6 cm³/mol. The highest BCUT2D eigenvalue weighted by molar-refractivity contribution is 8.00. The van der Waals surface area contributed by atoms with Crippen molar-refractivity contribution in [3.63, 3.8) is 0 Å². The van der Waals surface area contributed by atoms with E-state index >= 15 is 0 Å². The maximum Gasteiger partial charge on any atom is 0.329 e. The number of carboxylic acid groups (broad SMARTS) is 1. The van der Waals surface area contributed by atoms with E-state index in [0.717, 1.165) is 12.8 Å². The number of hydrogen-bond donors (Lipinski definition) is 2. The molecule has 0 unspecified atom stereocenters. The lowest BCUT2D eigenvalue weighted by molar-refractivity contribution is -0.147. The van der Waals surface area contributed by atoms with Crippen molar-refractivity contribution >= 4 is 23.8 Å². The maximum atomic E-state index is 12.2. The van der Waals surface area contributed by atoms with Gasteiger partial charge in [0.25, 0.3) is 0 Å². The molecule has 0 aromatic carbocycles. The molecule has 110 valence electrons. The minimum absolute atomic E-state index is 0.155. The van der Waals surface area contributed by atoms with Crippen molar-refractivity contribution in [1.82, 2.24) is 10.2 Å². The Morgan fingerprint density at radius 1 is 1.42 bits per heavy atom. The molecule has 0 aromatic rings. The Kier molecular flexibility index (Phi) is 5.12. The van der Waals surface area contributed by atoms with Gasteiger partial charge in [-0.25, -0.2) is 9.59 Å². The zero-order valence-corrected chi connectivity index (χ0v) is 13.0. The number of amides is 2. The second-order valence-corrected chi connectivity index (χ2v) is 6.78. The lowest BCUT2D eigenvalue weighted by Gasteiger charge is -2.41. The molecule has 1 fully saturated rings. The first-order valence-electron chi connectivity index (χ1n) is 6.63. The van der Waals surface area contributed by atoms with E-state index in [1.807, 2.05) is 0 Å². The Balaban J connectivity index is 2.62. The van der Waals surface area contributed by atoms with Crippen LogP contribution < -0.4 is 5.32 Å². The first kappa shape index (κ1) is 16.1. The number of carbonyl (C=O) groups excluding carboxylic acids is 1. The number of aliphatic carboxylic acids is 1. The second-order valence-electron chi connectivity index (χ2n) is 5.51. The lowest BCUT2D eigenvalue weighted by Crippen LogP contribution is -2.58. The van der Waals surface area contributed by atoms with Crippen molar-refractivity contribution in [2.45, 2.75) is 50.3 Å². The zero-order valence-electron chi connectivity index (χ0n) is 12.2. The van der Waals surface area contributed by atoms with Crippen molar-refractivity contribution in [2.75, 3.05) is 19.3 Å². The number of nitrogens with one attached hydrogen (secondary N) is 1. The smallest absolute Gasteiger partial charge is 0.329 e. The fourth-order valence-corrected chi connectivity index (χ4v) is 3.18. The van der Waals surface area contributed by atoms with Gasteiger partial charge in [-0.05, 0) is 39.9 Å². The molecule has 0 aliphatic heterocycles. The van der Waals surface area contributed by atoms with Gasteiger partial charge < -0.3 is 15.3 Å². The van der Waals surface area contributed by atoms with Crippen LogP contribution in [0.2, 0.25) is 0 Å². The monoisotopic (exact) mass is 288 g/mol. The minimum atomic E-state index is -1.19. The topological polar surface area (TPSA) is 69.6 Å². The normalized spacial score (nSPS) is 17.5. The first-order valence-corrected chi connectivity index (χ1v) is 7.85. The van der Waals surface area contributed by atoms with E-state index in [0.29, 0.717) is 13.1 Å². The van der Waals surface area contributed by atoms with E-state index in [9.17, 15) is 14.7 Å². The van der Waals surface area contributed by atoms with Gasteiger partial charge >= 0.3 is 12.0 Å². The molecule has 1 aliphatic carbocycles. The van der Waals surface area contributed by atoms with E-state index in [-0.39, 0.29) is 10.8 Å². The van der Waals surface area contributed by atoms with Gasteiger partial charge in [-0.3, -0.25) is 0 Å². The molecule has 6 heteroatoms. The third kappa shape index (κ3) is 3.35. The number of carboxylic acids is 1. The summed E-state index contributed by atoms with van der Waals surface area (Å²) >= 11 is 1.78. The Hall–Kier alpha value is -0.910. The van der Waals surface area contributed by atoms with Crippen molar-refractivity contribution in [3.05, 3.63) is 0 Å². The molecular weight excluding hydrogens is 264 g/mol. The van der Waals surface area contributed by atoms with Gasteiger partial charge in [0, 0.05) is 17.8 Å². The second kappa shape index (κ2) is 6.03. The summed E-state index contributed by atoms with van der Waals surface area (Å²) in [6.07, 6.45) is 5.49. The van der Waals surface area contributed by atoms with Crippen LogP contribution in [0.1, 0.15) is 40.0 Å². The number of likely N-dealkylation sites (N-methyl/N-ethyl adjacent to an activating group) is 1. The summed E-state index contributed by atoms with van der Waals surface area (Å²) in [5.74, 6) is -0.993. The van der Waals surface area contributed by atoms with Crippen LogP contribution in [0, 0.1) is 0 Å². The Bertz CT molecular complexity index is 348. The number of urea groups is 1. The molecule has 0 saturated heterocycles. The molecule has 0 heterocycles. The molecule has 1 saturated carbocycles. The van der Waals surface area contributed by atoms with E-state index < -0.39 is 11.5 Å². The lowest BCUT2D eigenvalue weighted by atomic mass is 9.84. The Morgan fingerprint density at radius 3 is 2.32 bits per heavy atom. The summed E-state index contributed by atoms with van der Waals surface area (Å²) in [5.41, 5.74) is -1.19. The van der Waals surface area contributed by atoms with E-state index in [2.05, 4.69) is 11.6 Å². The predicted octanol–water partition coefficient (Wildman–Crippen LogP) is 2.17. The van der Waals surface area contributed by atoms with Gasteiger partial charge in [-0.1, -0.05) is 6.42 Å². The van der Waals surface area contributed by atoms with Crippen LogP contribution in [0.15, 0.2) is 0 Å². The van der Waals surface area contributed by atoms with Crippen molar-refractivity contribution in [2.24, 2.45) is 0 Å². The van der Waals surface area contributed by atoms with Crippen LogP contribution in [0.4, 0.5) is 4.79 Å². The van der Waals surface area contributed by atoms with E-state index in [4.69, 9.17) is 0 Å². The summed E-state index contributed by atoms with van der Waals surface area (Å²) in [6.45, 7) is 5.87. The molecule has 2 N–H and O–H groups in total. The van der Waals surface area contributed by atoms with Crippen molar-refractivity contribution in [3.8, 4) is 0 Å². The molecule has 2 amide bonds. The summed E-state index contributed by atoms with van der Waals surface area (Å²) in [5, 5.41) is 12.1. The van der Waals surface area contributed by atoms with Gasteiger partial charge in [-0.15, -0.1) is 0 Å². The average molecular weight is 288 g/mol. The van der Waals surface area contributed by atoms with Crippen LogP contribution in [-0.2, 0) is 4.79 Å². The summed E-state index contributed by atoms with van der Waals surface area (Å²) in [4.78, 5) is 24.8. The molecule has 19 heavy (non-hydrogen) atoms. The van der Waals surface area contributed by atoms with Gasteiger partial charge in [0.2, 0.25) is 0 Å². The van der Waals surface area contributed by atoms with Gasteiger partial charge in [-0.2, -0.15) is 11.8 Å². The minimum Gasteiger partial charge on any atom is -0.480 e. The van der Waals surface area contributed by atoms with Gasteiger partial charge in [0.05, 0.1) is 0 Å². The average Bonchev–Trinajstić information content (AvgIpc) is 2.28. The van der Waals surface area contributed by atoms with Crippen LogP contribution in [0.5, 0.6) is 0 Å². The number of carbonyl (C=O) groups is 2. The fourth-order valence-electron chi connectivity index (χ4n) is 2.26. The molecule has 0 atom stereocenters. The number of rotatable bonds is 6. The first-order chi connectivity index (χ1) is 8.79. The van der Waals surface area contributed by atoms with E-state index in [1.165, 1.54) is 11.3 Å². The molecule has 0 radical (unpaired) electrons. The van der Waals surface area contributed by atoms with Gasteiger partial charge in [0.1, 0.15) is 5.54 Å². The highest BCUT2D eigenvalue weighted by atomic mass is 32.2. The van der Waals surface area contributed by atoms with Crippen LogP contribution in [0.3, 0.4) is 0 Å². The fraction of sp³-hybridized carbons (Fsp3) is 0.846. The van der Waals surface area contributed by atoms with Crippen molar-refractivity contribution < 1.29 is 14.7 Å². The van der Waals surface area contributed by atoms with Crippen LogP contribution in [-0.4, -0.2) is 51.6 Å². The molecule has 1 aliphatic rings. The quantitative estimate of drug-likeness (QED) is 0.786. The van der Waals surface area contributed by atoms with Gasteiger partial charge in [0.15, 0.2) is 0 Å². The Labute approximate surface area is 119 Å². The summed E-state index contributed by atoms with van der Waals surface area (Å²) in [6, 6.07) is -0.296. The zero-order chi connectivity index (χ0) is 14.7. The summed E-state index contributed by atoms with van der Waals surface area (Å²) < 4.78 is 0.155. The summed E-state index contributed by atoms with van der Waals surface area (Å²) in [7, 11) is 0. The Morgan fingerprint density at radius 2 is 2.00 bits per heavy atom. The molecule has 1 rings (SSSR count). The largest absolute Gasteiger partial charge is 0.480 e. The van der Waals surface area contributed by atoms with E-state index in [1.54, 1.807) is 32.5 Å². The van der Waals surface area contributed by atoms with Crippen LogP contribution in [0.25, 0.3) is 0 Å². The molecule has 5 nitrogen and oxygen atoms in total. The van der Waals surface area contributed by atoms with Crippen LogP contribution >= 0.6 is 11.8 Å². The SMILES string of the molecule is CCN(C(=O)NCC1(SC)CCC1)C(C)(C)C(=O)O. The highest BCUT2D eigenvalue weighted by Gasteiger charge is 2.40. The molecule has 0 aromatic heterocycles. The third-order valence-corrected chi connectivity index (χ3v) is 5.44. The third-order valence-electron chi connectivity index (χ3n) is 4.02. The molecule has 0 spiro atoms. The number of thioether (sulfide) groups is 1.